The van der Waals surface area contributed by atoms with Gasteiger partial charge in [0.1, 0.15) is 0 Å². The molecule has 1 saturated heterocycles. The van der Waals surface area contributed by atoms with Gasteiger partial charge in [0.25, 0.3) is 0 Å². The maximum absolute atomic E-state index is 12.1. The van der Waals surface area contributed by atoms with Gasteiger partial charge in [-0.25, -0.2) is 0 Å². The minimum atomic E-state index is -0.433. The first-order valence-electron chi connectivity index (χ1n) is 7.09. The Bertz CT molecular complexity index is 436. The summed E-state index contributed by atoms with van der Waals surface area (Å²) in [6.45, 7) is 4.73. The normalized spacial score (nSPS) is 17.7. The van der Waals surface area contributed by atoms with Gasteiger partial charge in [-0.15, -0.1) is 0 Å². The average molecular weight is 277 g/mol. The summed E-state index contributed by atoms with van der Waals surface area (Å²) in [6.07, 6.45) is 1.45. The van der Waals surface area contributed by atoms with Crippen molar-refractivity contribution < 1.29 is 14.3 Å². The minimum absolute atomic E-state index is 0.128. The molecule has 1 aromatic rings. The molecule has 4 heteroatoms. The van der Waals surface area contributed by atoms with E-state index in [1.165, 1.54) is 18.2 Å². The average Bonchev–Trinajstić information content (AvgIpc) is 2.49. The van der Waals surface area contributed by atoms with Crippen LogP contribution in [-0.4, -0.2) is 32.8 Å². The van der Waals surface area contributed by atoms with Gasteiger partial charge in [-0.1, -0.05) is 29.8 Å². The van der Waals surface area contributed by atoms with Crippen molar-refractivity contribution in [3.63, 3.8) is 0 Å². The van der Waals surface area contributed by atoms with E-state index in [4.69, 9.17) is 9.47 Å². The van der Waals surface area contributed by atoms with E-state index in [9.17, 15) is 4.79 Å². The summed E-state index contributed by atoms with van der Waals surface area (Å²) >= 11 is 0. The molecule has 0 radical (unpaired) electrons. The number of aryl methyl sites for hydroxylation is 1. The van der Waals surface area contributed by atoms with Crippen molar-refractivity contribution >= 4 is 5.97 Å². The lowest BCUT2D eigenvalue weighted by molar-refractivity contribution is -0.158. The summed E-state index contributed by atoms with van der Waals surface area (Å²) in [5.74, 6) is -0.128. The third-order valence-electron chi connectivity index (χ3n) is 3.98. The van der Waals surface area contributed by atoms with Crippen LogP contribution in [0.5, 0.6) is 0 Å². The minimum Gasteiger partial charge on any atom is -0.469 e. The van der Waals surface area contributed by atoms with Crippen molar-refractivity contribution in [1.29, 1.82) is 0 Å². The second-order valence-corrected chi connectivity index (χ2v) is 5.47. The molecule has 0 spiro atoms. The summed E-state index contributed by atoms with van der Waals surface area (Å²) in [7, 11) is 1.46. The topological polar surface area (TPSA) is 47.6 Å². The van der Waals surface area contributed by atoms with Crippen LogP contribution >= 0.6 is 0 Å². The molecule has 1 aliphatic rings. The molecule has 4 nitrogen and oxygen atoms in total. The van der Waals surface area contributed by atoms with E-state index in [0.717, 1.165) is 19.4 Å². The fourth-order valence-electron chi connectivity index (χ4n) is 2.58. The Balaban J connectivity index is 1.92. The van der Waals surface area contributed by atoms with Gasteiger partial charge < -0.3 is 14.8 Å². The van der Waals surface area contributed by atoms with Crippen LogP contribution in [0.1, 0.15) is 24.0 Å². The lowest BCUT2D eigenvalue weighted by Crippen LogP contribution is -2.45. The molecule has 2 rings (SSSR count). The Morgan fingerprint density at radius 3 is 2.55 bits per heavy atom. The summed E-state index contributed by atoms with van der Waals surface area (Å²) in [6, 6.07) is 8.41. The molecule has 0 amide bonds. The third-order valence-corrected chi connectivity index (χ3v) is 3.98. The van der Waals surface area contributed by atoms with Gasteiger partial charge >= 0.3 is 5.97 Å². The van der Waals surface area contributed by atoms with Crippen molar-refractivity contribution in [2.45, 2.75) is 26.3 Å². The molecule has 20 heavy (non-hydrogen) atoms. The molecule has 0 aromatic heterocycles. The highest BCUT2D eigenvalue weighted by atomic mass is 16.5. The maximum Gasteiger partial charge on any atom is 0.313 e. The second-order valence-electron chi connectivity index (χ2n) is 5.47. The number of esters is 1. The molecule has 110 valence electrons. The van der Waals surface area contributed by atoms with E-state index in [2.05, 4.69) is 36.5 Å². The summed E-state index contributed by atoms with van der Waals surface area (Å²) in [5.41, 5.74) is 2.05. The number of carbonyl (C=O) groups excluding carboxylic acids is 1. The molecule has 1 aliphatic heterocycles. The zero-order valence-electron chi connectivity index (χ0n) is 12.3. The van der Waals surface area contributed by atoms with E-state index >= 15 is 0 Å². The molecule has 0 saturated carbocycles. The van der Waals surface area contributed by atoms with E-state index in [1.54, 1.807) is 0 Å². The first-order chi connectivity index (χ1) is 9.66. The van der Waals surface area contributed by atoms with Crippen molar-refractivity contribution in [2.24, 2.45) is 5.41 Å². The van der Waals surface area contributed by atoms with Gasteiger partial charge in [0, 0.05) is 26.3 Å². The van der Waals surface area contributed by atoms with Crippen molar-refractivity contribution in [1.82, 2.24) is 5.32 Å². The first-order valence-corrected chi connectivity index (χ1v) is 7.09. The second kappa shape index (κ2) is 6.86. The van der Waals surface area contributed by atoms with Crippen LogP contribution in [0, 0.1) is 12.3 Å². The standard InChI is InChI=1S/C16H23NO3/c1-13-3-5-14(6-4-13)11-17-12-16(15(18)19-2)7-9-20-10-8-16/h3-6,17H,7-12H2,1-2H3. The van der Waals surface area contributed by atoms with Crippen molar-refractivity contribution in [2.75, 3.05) is 26.9 Å². The lowest BCUT2D eigenvalue weighted by Gasteiger charge is -2.34. The highest BCUT2D eigenvalue weighted by Crippen LogP contribution is 2.31. The molecule has 1 N–H and O–H groups in total. The number of rotatable bonds is 5. The Hall–Kier alpha value is -1.39. The van der Waals surface area contributed by atoms with Gasteiger partial charge in [0.15, 0.2) is 0 Å². The fraction of sp³-hybridized carbons (Fsp3) is 0.562. The van der Waals surface area contributed by atoms with Crippen LogP contribution in [-0.2, 0) is 20.8 Å². The SMILES string of the molecule is COC(=O)C1(CNCc2ccc(C)cc2)CCOCC1. The highest BCUT2D eigenvalue weighted by Gasteiger charge is 2.40. The number of ether oxygens (including phenoxy) is 2. The number of benzene rings is 1. The zero-order chi connectivity index (χ0) is 14.4. The van der Waals surface area contributed by atoms with Crippen molar-refractivity contribution in [3.05, 3.63) is 35.4 Å². The predicted molar refractivity (Wildman–Crippen MR) is 77.4 cm³/mol. The molecule has 1 aromatic carbocycles. The Morgan fingerprint density at radius 2 is 1.95 bits per heavy atom. The fourth-order valence-corrected chi connectivity index (χ4v) is 2.58. The van der Waals surface area contributed by atoms with Gasteiger partial charge in [-0.3, -0.25) is 4.79 Å². The van der Waals surface area contributed by atoms with Crippen LogP contribution in [0.3, 0.4) is 0 Å². The number of hydrogen-bond acceptors (Lipinski definition) is 4. The Morgan fingerprint density at radius 1 is 1.30 bits per heavy atom. The van der Waals surface area contributed by atoms with E-state index in [-0.39, 0.29) is 5.97 Å². The third kappa shape index (κ3) is 3.58. The van der Waals surface area contributed by atoms with Gasteiger partial charge in [0.05, 0.1) is 12.5 Å². The van der Waals surface area contributed by atoms with Crippen LogP contribution in [0.25, 0.3) is 0 Å². The molecule has 1 fully saturated rings. The number of hydrogen-bond donors (Lipinski definition) is 1. The highest BCUT2D eigenvalue weighted by molar-refractivity contribution is 5.77. The smallest absolute Gasteiger partial charge is 0.313 e. The molecule has 1 heterocycles. The van der Waals surface area contributed by atoms with E-state index < -0.39 is 5.41 Å². The largest absolute Gasteiger partial charge is 0.469 e. The number of nitrogens with one attached hydrogen (secondary N) is 1. The summed E-state index contributed by atoms with van der Waals surface area (Å²) < 4.78 is 10.3. The van der Waals surface area contributed by atoms with E-state index in [0.29, 0.717) is 19.8 Å². The molecule has 0 unspecified atom stereocenters. The molecular formula is C16H23NO3. The summed E-state index contributed by atoms with van der Waals surface area (Å²) in [4.78, 5) is 12.1. The molecule has 0 atom stereocenters. The summed E-state index contributed by atoms with van der Waals surface area (Å²) in [5, 5.41) is 3.39. The van der Waals surface area contributed by atoms with Crippen LogP contribution in [0.15, 0.2) is 24.3 Å². The monoisotopic (exact) mass is 277 g/mol. The predicted octanol–water partition coefficient (Wildman–Crippen LogP) is 2.05. The van der Waals surface area contributed by atoms with Gasteiger partial charge in [-0.2, -0.15) is 0 Å². The van der Waals surface area contributed by atoms with Crippen LogP contribution in [0.2, 0.25) is 0 Å². The Labute approximate surface area is 120 Å². The van der Waals surface area contributed by atoms with Crippen LogP contribution < -0.4 is 5.32 Å². The zero-order valence-corrected chi connectivity index (χ0v) is 12.3. The van der Waals surface area contributed by atoms with Gasteiger partial charge in [-0.05, 0) is 25.3 Å². The van der Waals surface area contributed by atoms with Crippen LogP contribution in [0.4, 0.5) is 0 Å². The molecule has 0 aliphatic carbocycles. The Kier molecular flexibility index (Phi) is 5.15. The van der Waals surface area contributed by atoms with Gasteiger partial charge in [0.2, 0.25) is 0 Å². The van der Waals surface area contributed by atoms with E-state index in [1.807, 2.05) is 0 Å². The maximum atomic E-state index is 12.1. The number of methoxy groups -OCH3 is 1. The lowest BCUT2D eigenvalue weighted by atomic mass is 9.80. The van der Waals surface area contributed by atoms with Crippen molar-refractivity contribution in [3.8, 4) is 0 Å². The molecule has 0 bridgehead atoms. The first kappa shape index (κ1) is 15.0. The quantitative estimate of drug-likeness (QED) is 0.837. The molecular weight excluding hydrogens is 254 g/mol. The number of carbonyl (C=O) groups is 1.